The number of carbonyl (C=O) groups excluding carboxylic acids is 1. The minimum Gasteiger partial charge on any atom is -0.490 e. The van der Waals surface area contributed by atoms with E-state index < -0.39 is 21.2 Å². The Balaban J connectivity index is 1.16. The van der Waals surface area contributed by atoms with E-state index in [0.29, 0.717) is 42.4 Å². The van der Waals surface area contributed by atoms with Crippen LogP contribution in [0.3, 0.4) is 0 Å². The van der Waals surface area contributed by atoms with Gasteiger partial charge in [0.25, 0.3) is 5.91 Å². The van der Waals surface area contributed by atoms with E-state index in [-0.39, 0.29) is 11.3 Å². The Kier molecular flexibility index (Phi) is 9.49. The maximum absolute atomic E-state index is 13.6. The van der Waals surface area contributed by atoms with E-state index in [0.717, 1.165) is 75.0 Å². The van der Waals surface area contributed by atoms with Crippen molar-refractivity contribution in [1.82, 2.24) is 14.5 Å². The molecule has 2 aromatic carbocycles. The summed E-state index contributed by atoms with van der Waals surface area (Å²) < 4.78 is 36.1. The lowest BCUT2D eigenvalue weighted by atomic mass is 9.65. The predicted octanol–water partition coefficient (Wildman–Crippen LogP) is 6.28. The van der Waals surface area contributed by atoms with E-state index in [1.165, 1.54) is 43.4 Å². The normalized spacial score (nSPS) is 35.1. The number of allylic oxidation sites excluding steroid dienone is 1. The first-order valence-corrected chi connectivity index (χ1v) is 21.0. The SMILES string of the molecule is C[C@@H]1[C@@H](C)C/C=C/[C@H](CN2CCN3CCC[C@@H]3C2)[C@@H]2CC[C@H]2CN2C[C@@]3(CCCc4cc(Cl)ccc43)COc3ccc(cc32)C(=O)NS1(=O)=O. The molecule has 270 valence electrons. The first-order chi connectivity index (χ1) is 24.1. The van der Waals surface area contributed by atoms with Gasteiger partial charge in [-0.05, 0) is 130 Å². The second-order valence-corrected chi connectivity index (χ2v) is 18.8. The monoisotopic (exact) mass is 720 g/mol. The van der Waals surface area contributed by atoms with Gasteiger partial charge in [-0.3, -0.25) is 14.6 Å². The molecular formula is C40H53ClN4O4S. The lowest BCUT2D eigenvalue weighted by molar-refractivity contribution is 0.0602. The number of hydrogen-bond donors (Lipinski definition) is 1. The van der Waals surface area contributed by atoms with Crippen molar-refractivity contribution in [2.24, 2.45) is 23.7 Å². The Morgan fingerprint density at radius 2 is 1.90 bits per heavy atom. The number of nitrogens with one attached hydrogen (secondary N) is 1. The molecule has 0 unspecified atom stereocenters. The summed E-state index contributed by atoms with van der Waals surface area (Å²) in [6.45, 7) is 11.6. The van der Waals surface area contributed by atoms with Crippen LogP contribution >= 0.6 is 11.6 Å². The summed E-state index contributed by atoms with van der Waals surface area (Å²) in [5.74, 6) is 1.50. The number of amides is 1. The number of piperazine rings is 1. The zero-order valence-corrected chi connectivity index (χ0v) is 31.2. The molecule has 10 heteroatoms. The standard InChI is InChI=1S/C40H53ClN4O4S/c1-27-6-3-7-31(22-43-18-19-44-17-5-9-34(44)24-43)35-13-10-32(35)23-45-25-40(16-4-8-29-20-33(41)12-14-36(29)40)26-49-38-15-11-30(21-37(38)45)39(46)42-50(47,48)28(27)2/h3,7,11-12,14-15,20-21,27-28,31-32,34-35H,4-6,8-10,13,16-19,22-26H2,1-2H3,(H,42,46)/b7-3+/t27-,28+,31+,32-,34+,35-,40-/m0/s1. The van der Waals surface area contributed by atoms with E-state index in [2.05, 4.69) is 43.7 Å². The number of halogens is 1. The van der Waals surface area contributed by atoms with Crippen molar-refractivity contribution in [2.45, 2.75) is 81.9 Å². The van der Waals surface area contributed by atoms with Crippen LogP contribution < -0.4 is 14.4 Å². The van der Waals surface area contributed by atoms with Crippen LogP contribution in [0.4, 0.5) is 5.69 Å². The zero-order valence-electron chi connectivity index (χ0n) is 29.7. The molecule has 7 atom stereocenters. The maximum Gasteiger partial charge on any atom is 0.264 e. The minimum absolute atomic E-state index is 0.135. The molecule has 2 bridgehead atoms. The second-order valence-electron chi connectivity index (χ2n) is 16.4. The van der Waals surface area contributed by atoms with E-state index in [4.69, 9.17) is 16.3 Å². The zero-order chi connectivity index (χ0) is 34.6. The number of aryl methyl sites for hydroxylation is 1. The van der Waals surface area contributed by atoms with Crippen LogP contribution in [0.15, 0.2) is 48.6 Å². The molecule has 4 heterocycles. The summed E-state index contributed by atoms with van der Waals surface area (Å²) in [4.78, 5) is 21.5. The van der Waals surface area contributed by atoms with Gasteiger partial charge in [0, 0.05) is 61.3 Å². The average Bonchev–Trinajstić information content (AvgIpc) is 3.49. The first-order valence-electron chi connectivity index (χ1n) is 19.1. The fourth-order valence-electron chi connectivity index (χ4n) is 10.0. The Bertz CT molecular complexity index is 1750. The number of anilines is 1. The van der Waals surface area contributed by atoms with Crippen molar-refractivity contribution >= 4 is 33.2 Å². The van der Waals surface area contributed by atoms with Gasteiger partial charge in [0.1, 0.15) is 5.75 Å². The lowest BCUT2D eigenvalue weighted by Gasteiger charge is -2.47. The van der Waals surface area contributed by atoms with Crippen molar-refractivity contribution < 1.29 is 17.9 Å². The quantitative estimate of drug-likeness (QED) is 0.366. The van der Waals surface area contributed by atoms with Crippen LogP contribution in [0.5, 0.6) is 5.75 Å². The largest absolute Gasteiger partial charge is 0.490 e. The molecule has 8 nitrogen and oxygen atoms in total. The number of sulfonamides is 1. The summed E-state index contributed by atoms with van der Waals surface area (Å²) >= 11 is 6.49. The number of benzene rings is 2. The van der Waals surface area contributed by atoms with Crippen LogP contribution in [0.2, 0.25) is 5.02 Å². The molecule has 0 radical (unpaired) electrons. The molecule has 1 spiro atoms. The Labute approximate surface area is 303 Å². The molecule has 2 saturated heterocycles. The van der Waals surface area contributed by atoms with Gasteiger partial charge in [-0.15, -0.1) is 0 Å². The van der Waals surface area contributed by atoms with Crippen LogP contribution in [0.1, 0.15) is 80.3 Å². The molecule has 1 saturated carbocycles. The van der Waals surface area contributed by atoms with E-state index in [1.54, 1.807) is 13.0 Å². The number of nitrogens with zero attached hydrogens (tertiary/aromatic N) is 3. The number of ether oxygens (including phenoxy) is 1. The van der Waals surface area contributed by atoms with Crippen molar-refractivity contribution in [1.29, 1.82) is 0 Å². The highest BCUT2D eigenvalue weighted by Gasteiger charge is 2.45. The summed E-state index contributed by atoms with van der Waals surface area (Å²) in [5, 5.41) is 0.0541. The van der Waals surface area contributed by atoms with Crippen molar-refractivity contribution in [2.75, 3.05) is 57.3 Å². The third-order valence-electron chi connectivity index (χ3n) is 13.3. The highest BCUT2D eigenvalue weighted by Crippen LogP contribution is 2.48. The molecule has 1 amide bonds. The Hall–Kier alpha value is -2.59. The highest BCUT2D eigenvalue weighted by molar-refractivity contribution is 7.90. The molecule has 1 N–H and O–H groups in total. The minimum atomic E-state index is -3.89. The fraction of sp³-hybridized carbons (Fsp3) is 0.625. The van der Waals surface area contributed by atoms with Gasteiger partial charge in [-0.1, -0.05) is 36.7 Å². The van der Waals surface area contributed by atoms with Crippen LogP contribution in [-0.4, -0.2) is 87.8 Å². The molecule has 2 aromatic rings. The van der Waals surface area contributed by atoms with Gasteiger partial charge in [-0.2, -0.15) is 0 Å². The topological polar surface area (TPSA) is 82.2 Å². The molecule has 6 aliphatic rings. The number of fused-ring (bicyclic) bond motifs is 5. The van der Waals surface area contributed by atoms with E-state index in [1.807, 2.05) is 25.1 Å². The van der Waals surface area contributed by atoms with E-state index >= 15 is 0 Å². The van der Waals surface area contributed by atoms with Gasteiger partial charge in [0.05, 0.1) is 17.5 Å². The van der Waals surface area contributed by atoms with Crippen molar-refractivity contribution in [3.8, 4) is 5.75 Å². The molecule has 50 heavy (non-hydrogen) atoms. The molecule has 3 fully saturated rings. The third-order valence-corrected chi connectivity index (χ3v) is 15.5. The Morgan fingerprint density at radius 3 is 2.74 bits per heavy atom. The van der Waals surface area contributed by atoms with Gasteiger partial charge >= 0.3 is 0 Å². The highest BCUT2D eigenvalue weighted by atomic mass is 35.5. The fourth-order valence-corrected chi connectivity index (χ4v) is 11.5. The predicted molar refractivity (Wildman–Crippen MR) is 200 cm³/mol. The van der Waals surface area contributed by atoms with E-state index in [9.17, 15) is 13.2 Å². The summed E-state index contributed by atoms with van der Waals surface area (Å²) in [6.07, 6.45) is 13.4. The van der Waals surface area contributed by atoms with Gasteiger partial charge in [0.15, 0.2) is 0 Å². The van der Waals surface area contributed by atoms with Crippen LogP contribution in [0, 0.1) is 23.7 Å². The summed E-state index contributed by atoms with van der Waals surface area (Å²) in [6, 6.07) is 12.5. The van der Waals surface area contributed by atoms with Crippen molar-refractivity contribution in [3.05, 3.63) is 70.3 Å². The van der Waals surface area contributed by atoms with Crippen molar-refractivity contribution in [3.63, 3.8) is 0 Å². The molecule has 2 aliphatic carbocycles. The smallest absolute Gasteiger partial charge is 0.264 e. The number of rotatable bonds is 2. The second kappa shape index (κ2) is 13.8. The lowest BCUT2D eigenvalue weighted by Crippen LogP contribution is -2.53. The number of carbonyl (C=O) groups is 1. The third kappa shape index (κ3) is 6.61. The van der Waals surface area contributed by atoms with Gasteiger partial charge < -0.3 is 9.64 Å². The van der Waals surface area contributed by atoms with Gasteiger partial charge in [-0.25, -0.2) is 13.1 Å². The number of hydrogen-bond acceptors (Lipinski definition) is 7. The summed E-state index contributed by atoms with van der Waals surface area (Å²) in [7, 11) is -3.89. The molecule has 4 aliphatic heterocycles. The average molecular weight is 721 g/mol. The van der Waals surface area contributed by atoms with Crippen LogP contribution in [0.25, 0.3) is 0 Å². The summed E-state index contributed by atoms with van der Waals surface area (Å²) in [5.41, 5.74) is 3.63. The van der Waals surface area contributed by atoms with Crippen LogP contribution in [-0.2, 0) is 21.9 Å². The first kappa shape index (κ1) is 34.5. The molecule has 0 aromatic heterocycles. The molecule has 8 rings (SSSR count). The maximum atomic E-state index is 13.6. The van der Waals surface area contributed by atoms with Gasteiger partial charge in [0.2, 0.25) is 10.0 Å². The Morgan fingerprint density at radius 1 is 1.02 bits per heavy atom. The molecular weight excluding hydrogens is 668 g/mol.